The highest BCUT2D eigenvalue weighted by Gasteiger charge is 2.36. The molecule has 6 nitrogen and oxygen atoms in total. The Morgan fingerprint density at radius 3 is 2.58 bits per heavy atom. The number of aliphatic imine (C=N–C) groups is 1. The maximum atomic E-state index is 12.4. The molecule has 1 N–H and O–H groups in total. The van der Waals surface area contributed by atoms with Crippen molar-refractivity contribution in [2.45, 2.75) is 12.3 Å². The Kier molecular flexibility index (Phi) is 4.43. The second-order valence-corrected chi connectivity index (χ2v) is 5.36. The van der Waals surface area contributed by atoms with Crippen molar-refractivity contribution in [3.63, 3.8) is 0 Å². The molecular weight excluding hydrogens is 304 g/mol. The smallest absolute Gasteiger partial charge is 0.249 e. The average molecular weight is 318 g/mol. The lowest BCUT2D eigenvalue weighted by molar-refractivity contribution is -0.116. The molecule has 0 radical (unpaired) electrons. The zero-order chi connectivity index (χ0) is 16.9. The van der Waals surface area contributed by atoms with E-state index in [9.17, 15) is 15.2 Å². The number of rotatable bonds is 3. The van der Waals surface area contributed by atoms with Gasteiger partial charge in [0, 0.05) is 30.9 Å². The fourth-order valence-electron chi connectivity index (χ4n) is 2.71. The average Bonchev–Trinajstić information content (AvgIpc) is 2.63. The number of allylic oxidation sites excluding steroid dienone is 2. The Hall–Kier alpha value is -3.33. The van der Waals surface area contributed by atoms with Crippen LogP contribution in [0.25, 0.3) is 0 Å². The number of hydrogen-bond acceptors (Lipinski definition) is 6. The third-order valence-corrected chi connectivity index (χ3v) is 3.91. The van der Waals surface area contributed by atoms with Crippen LogP contribution in [0.1, 0.15) is 17.9 Å². The van der Waals surface area contributed by atoms with Crippen LogP contribution < -0.4 is 0 Å². The van der Waals surface area contributed by atoms with Gasteiger partial charge in [-0.2, -0.15) is 5.26 Å². The van der Waals surface area contributed by atoms with Gasteiger partial charge in [0.15, 0.2) is 5.78 Å². The second-order valence-electron chi connectivity index (χ2n) is 5.36. The first kappa shape index (κ1) is 15.6. The van der Waals surface area contributed by atoms with Crippen LogP contribution in [-0.4, -0.2) is 27.1 Å². The minimum atomic E-state index is -0.789. The number of nitriles is 1. The van der Waals surface area contributed by atoms with Crippen molar-refractivity contribution in [2.75, 3.05) is 0 Å². The van der Waals surface area contributed by atoms with Crippen molar-refractivity contribution in [2.24, 2.45) is 10.9 Å². The summed E-state index contributed by atoms with van der Waals surface area (Å²) < 4.78 is 0. The van der Waals surface area contributed by atoms with Crippen LogP contribution in [0.15, 0.2) is 65.1 Å². The molecule has 0 aliphatic heterocycles. The van der Waals surface area contributed by atoms with E-state index in [1.165, 1.54) is 18.6 Å². The fraction of sp³-hybridized carbons (Fsp3) is 0.167. The molecule has 0 saturated heterocycles. The van der Waals surface area contributed by atoms with Gasteiger partial charge in [0.05, 0.1) is 11.6 Å². The van der Waals surface area contributed by atoms with Gasteiger partial charge < -0.3 is 5.11 Å². The summed E-state index contributed by atoms with van der Waals surface area (Å²) in [5.74, 6) is -1.48. The Balaban J connectivity index is 1.95. The molecule has 1 aromatic heterocycles. The fourth-order valence-corrected chi connectivity index (χ4v) is 2.71. The van der Waals surface area contributed by atoms with Crippen LogP contribution >= 0.6 is 0 Å². The lowest BCUT2D eigenvalue weighted by atomic mass is 9.76. The maximum Gasteiger partial charge on any atom is 0.249 e. The molecule has 0 unspecified atom stereocenters. The lowest BCUT2D eigenvalue weighted by Gasteiger charge is -2.26. The highest BCUT2D eigenvalue weighted by Crippen LogP contribution is 2.37. The summed E-state index contributed by atoms with van der Waals surface area (Å²) in [4.78, 5) is 24.3. The Morgan fingerprint density at radius 2 is 1.92 bits per heavy atom. The third-order valence-electron chi connectivity index (χ3n) is 3.91. The zero-order valence-electron chi connectivity index (χ0n) is 12.7. The Labute approximate surface area is 138 Å². The van der Waals surface area contributed by atoms with E-state index in [0.717, 1.165) is 5.56 Å². The molecule has 1 aromatic carbocycles. The first-order valence-electron chi connectivity index (χ1n) is 7.42. The van der Waals surface area contributed by atoms with E-state index >= 15 is 0 Å². The van der Waals surface area contributed by atoms with E-state index in [2.05, 4.69) is 21.0 Å². The van der Waals surface area contributed by atoms with Crippen LogP contribution in [0.3, 0.4) is 0 Å². The van der Waals surface area contributed by atoms with Crippen molar-refractivity contribution in [3.8, 4) is 6.07 Å². The van der Waals surface area contributed by atoms with E-state index < -0.39 is 5.92 Å². The zero-order valence-corrected chi connectivity index (χ0v) is 12.7. The lowest BCUT2D eigenvalue weighted by Crippen LogP contribution is -2.27. The van der Waals surface area contributed by atoms with Gasteiger partial charge in [-0.05, 0) is 11.6 Å². The summed E-state index contributed by atoms with van der Waals surface area (Å²) in [6.07, 6.45) is 4.43. The summed E-state index contributed by atoms with van der Waals surface area (Å²) in [6, 6.07) is 13.0. The van der Waals surface area contributed by atoms with Gasteiger partial charge >= 0.3 is 0 Å². The quantitative estimate of drug-likeness (QED) is 0.877. The molecular formula is C18H14N4O2. The van der Waals surface area contributed by atoms with Crippen molar-refractivity contribution in [1.82, 2.24) is 9.97 Å². The van der Waals surface area contributed by atoms with Gasteiger partial charge in [0.25, 0.3) is 0 Å². The number of carbonyl (C=O) groups excluding carboxylic acids is 1. The third kappa shape index (κ3) is 3.06. The number of ketones is 1. The number of aromatic nitrogens is 2. The minimum absolute atomic E-state index is 0.0428. The van der Waals surface area contributed by atoms with Crippen molar-refractivity contribution >= 4 is 17.9 Å². The molecule has 1 aliphatic rings. The van der Waals surface area contributed by atoms with E-state index in [-0.39, 0.29) is 35.4 Å². The van der Waals surface area contributed by atoms with Gasteiger partial charge in [-0.25, -0.2) is 15.0 Å². The summed E-state index contributed by atoms with van der Waals surface area (Å²) in [5, 5.41) is 19.9. The topological polar surface area (TPSA) is 99.2 Å². The number of nitrogens with zero attached hydrogens (tertiary/aromatic N) is 4. The molecule has 0 bridgehead atoms. The predicted molar refractivity (Wildman–Crippen MR) is 87.7 cm³/mol. The van der Waals surface area contributed by atoms with Gasteiger partial charge in [-0.3, -0.25) is 4.79 Å². The van der Waals surface area contributed by atoms with Crippen molar-refractivity contribution < 1.29 is 9.90 Å². The molecule has 1 aliphatic carbocycles. The summed E-state index contributed by atoms with van der Waals surface area (Å²) in [5.41, 5.74) is 0.896. The second kappa shape index (κ2) is 6.84. The molecule has 0 fully saturated rings. The van der Waals surface area contributed by atoms with Crippen LogP contribution in [0.5, 0.6) is 0 Å². The largest absolute Gasteiger partial charge is 0.510 e. The normalized spacial score (nSPS) is 21.0. The predicted octanol–water partition coefficient (Wildman–Crippen LogP) is 2.89. The first-order valence-corrected chi connectivity index (χ1v) is 7.42. The van der Waals surface area contributed by atoms with Gasteiger partial charge in [-0.1, -0.05) is 30.3 Å². The van der Waals surface area contributed by atoms with Crippen LogP contribution in [0, 0.1) is 17.2 Å². The number of aliphatic hydroxyl groups is 1. The molecule has 0 spiro atoms. The first-order chi connectivity index (χ1) is 11.7. The number of aliphatic hydroxyl groups excluding tert-OH is 1. The van der Waals surface area contributed by atoms with Gasteiger partial charge in [-0.15, -0.1) is 0 Å². The van der Waals surface area contributed by atoms with Crippen LogP contribution in [0.2, 0.25) is 0 Å². The molecule has 24 heavy (non-hydrogen) atoms. The number of benzene rings is 1. The Morgan fingerprint density at radius 1 is 1.21 bits per heavy atom. The van der Waals surface area contributed by atoms with Crippen LogP contribution in [0.4, 0.5) is 5.95 Å². The Bertz CT molecular complexity index is 838. The molecule has 1 heterocycles. The van der Waals surface area contributed by atoms with E-state index in [1.54, 1.807) is 6.07 Å². The summed E-state index contributed by atoms with van der Waals surface area (Å²) in [6.45, 7) is 0. The minimum Gasteiger partial charge on any atom is -0.510 e. The standard InChI is InChI=1S/C18H14N4O2/c19-10-14-13(12-5-2-1-3-6-12)9-16(23)15(17(14)24)11-22-18-20-7-4-8-21-18/h1-8,11,13-14,24H,9H2/t13-,14-/m1/s1. The molecule has 3 rings (SSSR count). The molecule has 0 saturated carbocycles. The van der Waals surface area contributed by atoms with E-state index in [0.29, 0.717) is 0 Å². The number of hydrogen-bond donors (Lipinski definition) is 1. The highest BCUT2D eigenvalue weighted by molar-refractivity contribution is 6.15. The molecule has 2 aromatic rings. The number of Topliss-reactive ketones (excluding diaryl/α,β-unsaturated/α-hetero) is 1. The van der Waals surface area contributed by atoms with Gasteiger partial charge in [0.2, 0.25) is 5.95 Å². The van der Waals surface area contributed by atoms with E-state index in [1.807, 2.05) is 30.3 Å². The van der Waals surface area contributed by atoms with Crippen LogP contribution in [-0.2, 0) is 4.79 Å². The maximum absolute atomic E-state index is 12.4. The van der Waals surface area contributed by atoms with Crippen molar-refractivity contribution in [1.29, 1.82) is 5.26 Å². The van der Waals surface area contributed by atoms with Gasteiger partial charge in [0.1, 0.15) is 11.7 Å². The molecule has 2 atom stereocenters. The molecule has 0 amide bonds. The summed E-state index contributed by atoms with van der Waals surface area (Å²) in [7, 11) is 0. The van der Waals surface area contributed by atoms with Crippen molar-refractivity contribution in [3.05, 3.63) is 65.7 Å². The summed E-state index contributed by atoms with van der Waals surface area (Å²) >= 11 is 0. The monoisotopic (exact) mass is 318 g/mol. The SMILES string of the molecule is N#C[C@H]1C(O)=C(C=Nc2ncccn2)C(=O)C[C@@H]1c1ccccc1. The molecule has 6 heteroatoms. The highest BCUT2D eigenvalue weighted by atomic mass is 16.3. The number of carbonyl (C=O) groups is 1. The molecule has 118 valence electrons. The van der Waals surface area contributed by atoms with E-state index in [4.69, 9.17) is 0 Å².